The Labute approximate surface area is 91.3 Å². The molecule has 0 radical (unpaired) electrons. The molecule has 0 atom stereocenters. The molecule has 0 aliphatic heterocycles. The Morgan fingerprint density at radius 1 is 1.31 bits per heavy atom. The maximum Gasteiger partial charge on any atom is 0.287 e. The molecule has 0 aliphatic carbocycles. The summed E-state index contributed by atoms with van der Waals surface area (Å²) in [6.45, 7) is 0. The molecule has 16 heavy (non-hydrogen) atoms. The molecule has 5 nitrogen and oxygen atoms in total. The van der Waals surface area contributed by atoms with E-state index in [0.717, 1.165) is 0 Å². The predicted molar refractivity (Wildman–Crippen MR) is 57.1 cm³/mol. The Morgan fingerprint density at radius 3 is 2.69 bits per heavy atom. The average Bonchev–Trinajstić information content (AvgIpc) is 2.78. The lowest BCUT2D eigenvalue weighted by Crippen LogP contribution is -1.93. The SMILES string of the molecule is N#Cc1ccccc1-n1ccc([N+](=O)[O-])c1. The van der Waals surface area contributed by atoms with Crippen molar-refractivity contribution in [2.75, 3.05) is 0 Å². The highest BCUT2D eigenvalue weighted by atomic mass is 16.6. The zero-order valence-electron chi connectivity index (χ0n) is 8.20. The van der Waals surface area contributed by atoms with E-state index in [4.69, 9.17) is 5.26 Å². The van der Waals surface area contributed by atoms with Crippen molar-refractivity contribution in [1.82, 2.24) is 4.57 Å². The van der Waals surface area contributed by atoms with E-state index in [9.17, 15) is 10.1 Å². The van der Waals surface area contributed by atoms with Crippen molar-refractivity contribution in [1.29, 1.82) is 5.26 Å². The number of nitrogens with zero attached hydrogens (tertiary/aromatic N) is 3. The molecular weight excluding hydrogens is 206 g/mol. The molecule has 0 unspecified atom stereocenters. The summed E-state index contributed by atoms with van der Waals surface area (Å²) in [6.07, 6.45) is 2.95. The monoisotopic (exact) mass is 213 g/mol. The molecule has 0 saturated carbocycles. The van der Waals surface area contributed by atoms with Gasteiger partial charge in [0.1, 0.15) is 6.07 Å². The van der Waals surface area contributed by atoms with E-state index >= 15 is 0 Å². The quantitative estimate of drug-likeness (QED) is 0.567. The second-order valence-corrected chi connectivity index (χ2v) is 3.16. The van der Waals surface area contributed by atoms with Crippen LogP contribution in [0.5, 0.6) is 0 Å². The van der Waals surface area contributed by atoms with Crippen molar-refractivity contribution in [2.24, 2.45) is 0 Å². The number of benzene rings is 1. The van der Waals surface area contributed by atoms with Crippen molar-refractivity contribution < 1.29 is 4.92 Å². The van der Waals surface area contributed by atoms with Crippen LogP contribution in [-0.4, -0.2) is 9.49 Å². The van der Waals surface area contributed by atoms with Crippen LogP contribution < -0.4 is 0 Å². The number of rotatable bonds is 2. The summed E-state index contributed by atoms with van der Waals surface area (Å²) < 4.78 is 1.57. The Balaban J connectivity index is 2.51. The van der Waals surface area contributed by atoms with Gasteiger partial charge in [0.25, 0.3) is 5.69 Å². The van der Waals surface area contributed by atoms with Crippen LogP contribution in [0.15, 0.2) is 42.7 Å². The average molecular weight is 213 g/mol. The molecule has 78 valence electrons. The summed E-state index contributed by atoms with van der Waals surface area (Å²) in [5.74, 6) is 0. The highest BCUT2D eigenvalue weighted by Crippen LogP contribution is 2.18. The van der Waals surface area contributed by atoms with Crippen molar-refractivity contribution in [3.05, 3.63) is 58.4 Å². The molecule has 0 saturated heterocycles. The van der Waals surface area contributed by atoms with E-state index in [0.29, 0.717) is 11.3 Å². The van der Waals surface area contributed by atoms with E-state index < -0.39 is 4.92 Å². The number of hydrogen-bond donors (Lipinski definition) is 0. The Hall–Kier alpha value is -2.61. The third-order valence-corrected chi connectivity index (χ3v) is 2.19. The molecule has 0 bridgehead atoms. The van der Waals surface area contributed by atoms with E-state index in [-0.39, 0.29) is 5.69 Å². The molecule has 2 rings (SSSR count). The minimum atomic E-state index is -0.467. The second kappa shape index (κ2) is 3.87. The van der Waals surface area contributed by atoms with Crippen molar-refractivity contribution in [3.63, 3.8) is 0 Å². The van der Waals surface area contributed by atoms with Gasteiger partial charge in [0.05, 0.1) is 22.4 Å². The van der Waals surface area contributed by atoms with Crippen LogP contribution in [0.2, 0.25) is 0 Å². The highest BCUT2D eigenvalue weighted by molar-refractivity contribution is 5.50. The van der Waals surface area contributed by atoms with Crippen LogP contribution in [0.25, 0.3) is 5.69 Å². The standard InChI is InChI=1S/C11H7N3O2/c12-7-9-3-1-2-4-11(9)13-6-5-10(8-13)14(15)16/h1-6,8H. The Bertz CT molecular complexity index is 581. The minimum absolute atomic E-state index is 0.00717. The van der Waals surface area contributed by atoms with Gasteiger partial charge in [0.15, 0.2) is 0 Å². The lowest BCUT2D eigenvalue weighted by Gasteiger charge is -2.03. The van der Waals surface area contributed by atoms with Crippen LogP contribution in [0.3, 0.4) is 0 Å². The molecule has 0 amide bonds. The normalized spacial score (nSPS) is 9.69. The number of hydrogen-bond acceptors (Lipinski definition) is 3. The molecular formula is C11H7N3O2. The van der Waals surface area contributed by atoms with Gasteiger partial charge in [-0.1, -0.05) is 12.1 Å². The summed E-state index contributed by atoms with van der Waals surface area (Å²) >= 11 is 0. The molecule has 0 spiro atoms. The third-order valence-electron chi connectivity index (χ3n) is 2.19. The van der Waals surface area contributed by atoms with Crippen molar-refractivity contribution in [2.45, 2.75) is 0 Å². The number of nitro groups is 1. The van der Waals surface area contributed by atoms with E-state index in [2.05, 4.69) is 0 Å². The van der Waals surface area contributed by atoms with Crippen LogP contribution in [0.4, 0.5) is 5.69 Å². The smallest absolute Gasteiger partial charge is 0.287 e. The van der Waals surface area contributed by atoms with Crippen molar-refractivity contribution >= 4 is 5.69 Å². The number of para-hydroxylation sites is 1. The zero-order chi connectivity index (χ0) is 11.5. The lowest BCUT2D eigenvalue weighted by atomic mass is 10.2. The molecule has 0 aliphatic rings. The molecule has 0 N–H and O–H groups in total. The maximum atomic E-state index is 10.5. The first-order chi connectivity index (χ1) is 7.72. The molecule has 1 aromatic carbocycles. The topological polar surface area (TPSA) is 71.9 Å². The van der Waals surface area contributed by atoms with Gasteiger partial charge < -0.3 is 4.57 Å². The minimum Gasteiger partial charge on any atom is -0.316 e. The number of nitriles is 1. The molecule has 0 fully saturated rings. The number of aromatic nitrogens is 1. The third kappa shape index (κ3) is 1.64. The van der Waals surface area contributed by atoms with Gasteiger partial charge in [-0.2, -0.15) is 5.26 Å². The van der Waals surface area contributed by atoms with Crippen LogP contribution in [0.1, 0.15) is 5.56 Å². The van der Waals surface area contributed by atoms with Crippen LogP contribution in [-0.2, 0) is 0 Å². The Kier molecular flexibility index (Phi) is 2.40. The summed E-state index contributed by atoms with van der Waals surface area (Å²) in [6, 6.07) is 10.4. The van der Waals surface area contributed by atoms with Gasteiger partial charge in [-0.15, -0.1) is 0 Å². The maximum absolute atomic E-state index is 10.5. The van der Waals surface area contributed by atoms with E-state index in [1.807, 2.05) is 6.07 Å². The summed E-state index contributed by atoms with van der Waals surface area (Å²) in [5.41, 5.74) is 1.12. The van der Waals surface area contributed by atoms with Crippen LogP contribution in [0, 0.1) is 21.4 Å². The van der Waals surface area contributed by atoms with Crippen molar-refractivity contribution in [3.8, 4) is 11.8 Å². The first-order valence-electron chi connectivity index (χ1n) is 4.54. The molecule has 1 aromatic heterocycles. The van der Waals surface area contributed by atoms with E-state index in [1.54, 1.807) is 35.0 Å². The predicted octanol–water partition coefficient (Wildman–Crippen LogP) is 2.26. The van der Waals surface area contributed by atoms with Gasteiger partial charge in [-0.3, -0.25) is 10.1 Å². The van der Waals surface area contributed by atoms with Gasteiger partial charge in [0.2, 0.25) is 0 Å². The first-order valence-corrected chi connectivity index (χ1v) is 4.54. The summed E-state index contributed by atoms with van der Waals surface area (Å²) in [5, 5.41) is 19.4. The van der Waals surface area contributed by atoms with Crippen LogP contribution >= 0.6 is 0 Å². The fourth-order valence-corrected chi connectivity index (χ4v) is 1.44. The summed E-state index contributed by atoms with van der Waals surface area (Å²) in [7, 11) is 0. The van der Waals surface area contributed by atoms with Gasteiger partial charge in [0, 0.05) is 12.3 Å². The molecule has 1 heterocycles. The van der Waals surface area contributed by atoms with E-state index in [1.165, 1.54) is 12.3 Å². The fourth-order valence-electron chi connectivity index (χ4n) is 1.44. The Morgan fingerprint density at radius 2 is 2.06 bits per heavy atom. The van der Waals surface area contributed by atoms with Gasteiger partial charge in [-0.25, -0.2) is 0 Å². The fraction of sp³-hybridized carbons (Fsp3) is 0. The largest absolute Gasteiger partial charge is 0.316 e. The molecule has 5 heteroatoms. The second-order valence-electron chi connectivity index (χ2n) is 3.16. The van der Waals surface area contributed by atoms with Gasteiger partial charge >= 0.3 is 0 Å². The zero-order valence-corrected chi connectivity index (χ0v) is 8.20. The van der Waals surface area contributed by atoms with Gasteiger partial charge in [-0.05, 0) is 12.1 Å². The first kappa shape index (κ1) is 9.93. The highest BCUT2D eigenvalue weighted by Gasteiger charge is 2.09. The lowest BCUT2D eigenvalue weighted by molar-refractivity contribution is -0.384. The summed E-state index contributed by atoms with van der Waals surface area (Å²) in [4.78, 5) is 10.1. The molecule has 2 aromatic rings.